The monoisotopic (exact) mass is 222 g/mol. The molecule has 0 aliphatic rings. The molecule has 4 nitrogen and oxygen atoms in total. The van der Waals surface area contributed by atoms with Crippen molar-refractivity contribution in [2.75, 3.05) is 7.11 Å². The number of aliphatic hydroxyl groups is 1. The van der Waals surface area contributed by atoms with Crippen molar-refractivity contribution in [3.63, 3.8) is 0 Å². The molecule has 2 N–H and O–H groups in total. The lowest BCUT2D eigenvalue weighted by molar-refractivity contribution is -0.131. The molecule has 0 heterocycles. The first-order valence-corrected chi connectivity index (χ1v) is 4.78. The van der Waals surface area contributed by atoms with Crippen molar-refractivity contribution < 1.29 is 19.7 Å². The predicted octanol–water partition coefficient (Wildman–Crippen LogP) is 1.59. The first-order chi connectivity index (χ1) is 7.60. The number of aryl methyl sites for hydroxylation is 1. The van der Waals surface area contributed by atoms with Gasteiger partial charge in [0.1, 0.15) is 5.75 Å². The molecule has 0 radical (unpaired) electrons. The average molecular weight is 222 g/mol. The van der Waals surface area contributed by atoms with E-state index in [1.54, 1.807) is 6.07 Å². The number of rotatable bonds is 4. The molecule has 0 aliphatic heterocycles. The number of benzene rings is 1. The van der Waals surface area contributed by atoms with Crippen LogP contribution in [-0.4, -0.2) is 23.3 Å². The van der Waals surface area contributed by atoms with Crippen LogP contribution >= 0.6 is 0 Å². The molecule has 0 saturated heterocycles. The van der Waals surface area contributed by atoms with Gasteiger partial charge in [-0.3, -0.25) is 0 Å². The Bertz CT molecular complexity index is 421. The van der Waals surface area contributed by atoms with Crippen LogP contribution in [0.2, 0.25) is 0 Å². The van der Waals surface area contributed by atoms with Crippen LogP contribution in [0, 0.1) is 6.92 Å². The van der Waals surface area contributed by atoms with E-state index in [0.29, 0.717) is 16.9 Å². The SMILES string of the molecule is COc1c(C)ccc(/C=C/C(=O)O)c1CO. The first-order valence-electron chi connectivity index (χ1n) is 4.78. The van der Waals surface area contributed by atoms with Gasteiger partial charge in [0.25, 0.3) is 0 Å². The fourth-order valence-corrected chi connectivity index (χ4v) is 1.52. The minimum atomic E-state index is -1.02. The number of carbonyl (C=O) groups is 1. The quantitative estimate of drug-likeness (QED) is 0.759. The maximum Gasteiger partial charge on any atom is 0.328 e. The van der Waals surface area contributed by atoms with Crippen LogP contribution < -0.4 is 4.74 Å². The predicted molar refractivity (Wildman–Crippen MR) is 60.3 cm³/mol. The van der Waals surface area contributed by atoms with Gasteiger partial charge in [-0.1, -0.05) is 12.1 Å². The van der Waals surface area contributed by atoms with Crippen LogP contribution in [0.1, 0.15) is 16.7 Å². The Morgan fingerprint density at radius 3 is 2.69 bits per heavy atom. The fourth-order valence-electron chi connectivity index (χ4n) is 1.52. The highest BCUT2D eigenvalue weighted by atomic mass is 16.5. The lowest BCUT2D eigenvalue weighted by Crippen LogP contribution is -1.98. The molecule has 0 unspecified atom stereocenters. The number of ether oxygens (including phenoxy) is 1. The van der Waals surface area contributed by atoms with E-state index in [-0.39, 0.29) is 6.61 Å². The highest BCUT2D eigenvalue weighted by molar-refractivity contribution is 5.85. The summed E-state index contributed by atoms with van der Waals surface area (Å²) in [6.07, 6.45) is 2.47. The zero-order valence-corrected chi connectivity index (χ0v) is 9.23. The number of hydrogen-bond donors (Lipinski definition) is 2. The summed E-state index contributed by atoms with van der Waals surface area (Å²) in [6.45, 7) is 1.67. The molecule has 1 aromatic carbocycles. The molecule has 0 fully saturated rings. The van der Waals surface area contributed by atoms with Crippen molar-refractivity contribution in [3.05, 3.63) is 34.9 Å². The van der Waals surface area contributed by atoms with Gasteiger partial charge < -0.3 is 14.9 Å². The summed E-state index contributed by atoms with van der Waals surface area (Å²) < 4.78 is 5.17. The summed E-state index contributed by atoms with van der Waals surface area (Å²) in [5, 5.41) is 17.8. The van der Waals surface area contributed by atoms with E-state index >= 15 is 0 Å². The smallest absolute Gasteiger partial charge is 0.328 e. The third-order valence-corrected chi connectivity index (χ3v) is 2.26. The standard InChI is InChI=1S/C12H14O4/c1-8-3-4-9(5-6-11(14)15)10(7-13)12(8)16-2/h3-6,13H,7H2,1-2H3,(H,14,15)/b6-5+. The highest BCUT2D eigenvalue weighted by Crippen LogP contribution is 2.27. The molecule has 0 aromatic heterocycles. The average Bonchev–Trinajstić information content (AvgIpc) is 2.26. The number of carboxylic acids is 1. The van der Waals surface area contributed by atoms with Crippen LogP contribution in [0.4, 0.5) is 0 Å². The van der Waals surface area contributed by atoms with Gasteiger partial charge in [0.05, 0.1) is 13.7 Å². The van der Waals surface area contributed by atoms with Crippen molar-refractivity contribution >= 4 is 12.0 Å². The van der Waals surface area contributed by atoms with E-state index in [1.165, 1.54) is 13.2 Å². The molecule has 1 aromatic rings. The maximum atomic E-state index is 10.4. The van der Waals surface area contributed by atoms with E-state index in [2.05, 4.69) is 0 Å². The Labute approximate surface area is 93.8 Å². The molecule has 0 amide bonds. The molecule has 0 bridgehead atoms. The van der Waals surface area contributed by atoms with E-state index in [1.807, 2.05) is 13.0 Å². The summed E-state index contributed by atoms with van der Waals surface area (Å²) in [7, 11) is 1.52. The summed E-state index contributed by atoms with van der Waals surface area (Å²) in [5.74, 6) is -0.432. The molecule has 0 atom stereocenters. The second-order valence-electron chi connectivity index (χ2n) is 3.31. The van der Waals surface area contributed by atoms with Crippen molar-refractivity contribution in [1.29, 1.82) is 0 Å². The molecule has 4 heteroatoms. The number of carboxylic acid groups (broad SMARTS) is 1. The normalized spacial score (nSPS) is 10.7. The van der Waals surface area contributed by atoms with Crippen LogP contribution in [0.3, 0.4) is 0 Å². The minimum absolute atomic E-state index is 0.190. The summed E-state index contributed by atoms with van der Waals surface area (Å²) in [4.78, 5) is 10.4. The van der Waals surface area contributed by atoms with Crippen molar-refractivity contribution in [2.24, 2.45) is 0 Å². The lowest BCUT2D eigenvalue weighted by Gasteiger charge is -2.12. The van der Waals surface area contributed by atoms with Gasteiger partial charge in [-0.05, 0) is 24.1 Å². The third kappa shape index (κ3) is 2.61. The van der Waals surface area contributed by atoms with Crippen LogP contribution in [0.25, 0.3) is 6.08 Å². The third-order valence-electron chi connectivity index (χ3n) is 2.26. The molecular weight excluding hydrogens is 208 g/mol. The Hall–Kier alpha value is -1.81. The zero-order valence-electron chi connectivity index (χ0n) is 9.23. The second kappa shape index (κ2) is 5.32. The van der Waals surface area contributed by atoms with E-state index < -0.39 is 5.97 Å². The molecule has 86 valence electrons. The van der Waals surface area contributed by atoms with Crippen molar-refractivity contribution in [3.8, 4) is 5.75 Å². The van der Waals surface area contributed by atoms with Gasteiger partial charge in [0, 0.05) is 11.6 Å². The zero-order chi connectivity index (χ0) is 12.1. The molecule has 0 spiro atoms. The van der Waals surface area contributed by atoms with Crippen molar-refractivity contribution in [2.45, 2.75) is 13.5 Å². The molecule has 0 aliphatic carbocycles. The first kappa shape index (κ1) is 12.3. The van der Waals surface area contributed by atoms with E-state index in [9.17, 15) is 9.90 Å². The number of hydrogen-bond acceptors (Lipinski definition) is 3. The number of methoxy groups -OCH3 is 1. The largest absolute Gasteiger partial charge is 0.496 e. The van der Waals surface area contributed by atoms with Crippen LogP contribution in [-0.2, 0) is 11.4 Å². The Kier molecular flexibility index (Phi) is 4.08. The van der Waals surface area contributed by atoms with Gasteiger partial charge >= 0.3 is 5.97 Å². The van der Waals surface area contributed by atoms with Gasteiger partial charge in [0.2, 0.25) is 0 Å². The fraction of sp³-hybridized carbons (Fsp3) is 0.250. The Morgan fingerprint density at radius 2 is 2.19 bits per heavy atom. The molecule has 1 rings (SSSR count). The second-order valence-corrected chi connectivity index (χ2v) is 3.31. The maximum absolute atomic E-state index is 10.4. The summed E-state index contributed by atoms with van der Waals surface area (Å²) in [6, 6.07) is 3.57. The van der Waals surface area contributed by atoms with Gasteiger partial charge in [-0.25, -0.2) is 4.79 Å². The van der Waals surface area contributed by atoms with Crippen LogP contribution in [0.15, 0.2) is 18.2 Å². The van der Waals surface area contributed by atoms with E-state index in [4.69, 9.17) is 9.84 Å². The van der Waals surface area contributed by atoms with Gasteiger partial charge in [-0.15, -0.1) is 0 Å². The summed E-state index contributed by atoms with van der Waals surface area (Å²) >= 11 is 0. The number of aliphatic carboxylic acids is 1. The van der Waals surface area contributed by atoms with Gasteiger partial charge in [0.15, 0.2) is 0 Å². The molecule has 16 heavy (non-hydrogen) atoms. The summed E-state index contributed by atoms with van der Waals surface area (Å²) in [5.41, 5.74) is 2.14. The number of aliphatic hydroxyl groups excluding tert-OH is 1. The molecular formula is C12H14O4. The lowest BCUT2D eigenvalue weighted by atomic mass is 10.0. The molecule has 0 saturated carbocycles. The van der Waals surface area contributed by atoms with E-state index in [0.717, 1.165) is 11.6 Å². The van der Waals surface area contributed by atoms with Crippen molar-refractivity contribution in [1.82, 2.24) is 0 Å². The Morgan fingerprint density at radius 1 is 1.50 bits per heavy atom. The van der Waals surface area contributed by atoms with Crippen LogP contribution in [0.5, 0.6) is 5.75 Å². The topological polar surface area (TPSA) is 66.8 Å². The minimum Gasteiger partial charge on any atom is -0.496 e. The Balaban J connectivity index is 3.24. The van der Waals surface area contributed by atoms with Gasteiger partial charge in [-0.2, -0.15) is 0 Å². The highest BCUT2D eigenvalue weighted by Gasteiger charge is 2.09.